The quantitative estimate of drug-likeness (QED) is 0.864. The SMILES string of the molecule is Cc1cnc(CN(C)[C@H]2CCN([C@H](C(N)=O)c3ccc(F)cc3)C2)o1. The Morgan fingerprint density at radius 2 is 2.20 bits per heavy atom. The minimum Gasteiger partial charge on any atom is -0.445 e. The third-order valence-corrected chi connectivity index (χ3v) is 4.69. The van der Waals surface area contributed by atoms with Gasteiger partial charge in [0.15, 0.2) is 0 Å². The van der Waals surface area contributed by atoms with Gasteiger partial charge in [-0.15, -0.1) is 0 Å². The molecule has 0 radical (unpaired) electrons. The topological polar surface area (TPSA) is 75.6 Å². The Morgan fingerprint density at radius 3 is 2.80 bits per heavy atom. The number of hydrogen-bond donors (Lipinski definition) is 1. The van der Waals surface area contributed by atoms with Crippen LogP contribution in [0.3, 0.4) is 0 Å². The molecule has 25 heavy (non-hydrogen) atoms. The van der Waals surface area contributed by atoms with Crippen molar-refractivity contribution in [2.24, 2.45) is 5.73 Å². The number of nitrogens with zero attached hydrogens (tertiary/aromatic N) is 3. The zero-order valence-corrected chi connectivity index (χ0v) is 14.5. The maximum atomic E-state index is 13.2. The fourth-order valence-electron chi connectivity index (χ4n) is 3.38. The van der Waals surface area contributed by atoms with Crippen LogP contribution in [0.4, 0.5) is 4.39 Å². The van der Waals surface area contributed by atoms with Crippen molar-refractivity contribution >= 4 is 5.91 Å². The van der Waals surface area contributed by atoms with Gasteiger partial charge in [-0.2, -0.15) is 0 Å². The summed E-state index contributed by atoms with van der Waals surface area (Å²) in [4.78, 5) is 20.5. The largest absolute Gasteiger partial charge is 0.445 e. The fourth-order valence-corrected chi connectivity index (χ4v) is 3.38. The number of halogens is 1. The molecule has 0 bridgehead atoms. The van der Waals surface area contributed by atoms with E-state index < -0.39 is 11.9 Å². The summed E-state index contributed by atoms with van der Waals surface area (Å²) in [5.74, 6) is 0.732. The molecule has 134 valence electrons. The van der Waals surface area contributed by atoms with Crippen LogP contribution in [-0.2, 0) is 11.3 Å². The number of nitrogens with two attached hydrogens (primary N) is 1. The second-order valence-corrected chi connectivity index (χ2v) is 6.57. The summed E-state index contributed by atoms with van der Waals surface area (Å²) >= 11 is 0. The molecule has 0 saturated carbocycles. The Labute approximate surface area is 146 Å². The van der Waals surface area contributed by atoms with Crippen LogP contribution < -0.4 is 5.73 Å². The smallest absolute Gasteiger partial charge is 0.239 e. The summed E-state index contributed by atoms with van der Waals surface area (Å²) in [5.41, 5.74) is 6.34. The van der Waals surface area contributed by atoms with E-state index in [4.69, 9.17) is 10.2 Å². The summed E-state index contributed by atoms with van der Waals surface area (Å²) < 4.78 is 18.7. The molecular weight excluding hydrogens is 323 g/mol. The first-order valence-electron chi connectivity index (χ1n) is 8.34. The number of carbonyl (C=O) groups excluding carboxylic acids is 1. The molecule has 2 atom stereocenters. The molecule has 2 aromatic rings. The van der Waals surface area contributed by atoms with Crippen LogP contribution in [0.25, 0.3) is 0 Å². The van der Waals surface area contributed by atoms with Crippen molar-refractivity contribution in [3.8, 4) is 0 Å². The highest BCUT2D eigenvalue weighted by Crippen LogP contribution is 2.27. The van der Waals surface area contributed by atoms with E-state index in [-0.39, 0.29) is 11.9 Å². The summed E-state index contributed by atoms with van der Waals surface area (Å²) in [6.45, 7) is 3.95. The van der Waals surface area contributed by atoms with Crippen LogP contribution in [0.15, 0.2) is 34.9 Å². The molecule has 7 heteroatoms. The lowest BCUT2D eigenvalue weighted by Gasteiger charge is -2.27. The first-order chi connectivity index (χ1) is 11.9. The molecule has 3 rings (SSSR count). The highest BCUT2D eigenvalue weighted by molar-refractivity contribution is 5.81. The molecule has 2 N–H and O–H groups in total. The molecule has 2 heterocycles. The van der Waals surface area contributed by atoms with Gasteiger partial charge in [0.25, 0.3) is 0 Å². The van der Waals surface area contributed by atoms with Gasteiger partial charge in [0.1, 0.15) is 17.6 Å². The predicted molar refractivity (Wildman–Crippen MR) is 91.0 cm³/mol. The molecule has 0 aliphatic carbocycles. The number of aryl methyl sites for hydroxylation is 1. The number of oxazole rings is 1. The second-order valence-electron chi connectivity index (χ2n) is 6.57. The van der Waals surface area contributed by atoms with Crippen LogP contribution in [0, 0.1) is 12.7 Å². The number of likely N-dealkylation sites (N-methyl/N-ethyl adjacent to an activating group) is 1. The Morgan fingerprint density at radius 1 is 1.48 bits per heavy atom. The minimum absolute atomic E-state index is 0.273. The molecule has 1 amide bonds. The van der Waals surface area contributed by atoms with E-state index in [0.717, 1.165) is 24.3 Å². The van der Waals surface area contributed by atoms with Gasteiger partial charge >= 0.3 is 0 Å². The molecular formula is C18H23FN4O2. The molecule has 6 nitrogen and oxygen atoms in total. The third-order valence-electron chi connectivity index (χ3n) is 4.69. The Hall–Kier alpha value is -2.25. The highest BCUT2D eigenvalue weighted by Gasteiger charge is 2.34. The first kappa shape index (κ1) is 17.6. The van der Waals surface area contributed by atoms with Crippen LogP contribution in [0.5, 0.6) is 0 Å². The van der Waals surface area contributed by atoms with E-state index in [1.807, 2.05) is 14.0 Å². The van der Waals surface area contributed by atoms with Crippen LogP contribution in [-0.4, -0.2) is 46.9 Å². The van der Waals surface area contributed by atoms with Crippen molar-refractivity contribution in [3.05, 3.63) is 53.5 Å². The minimum atomic E-state index is -0.539. The highest BCUT2D eigenvalue weighted by atomic mass is 19.1. The van der Waals surface area contributed by atoms with Gasteiger partial charge in [0.05, 0.1) is 12.7 Å². The molecule has 1 aliphatic heterocycles. The number of carbonyl (C=O) groups is 1. The monoisotopic (exact) mass is 346 g/mol. The van der Waals surface area contributed by atoms with Gasteiger partial charge in [-0.1, -0.05) is 12.1 Å². The van der Waals surface area contributed by atoms with E-state index in [2.05, 4.69) is 14.8 Å². The van der Waals surface area contributed by atoms with Gasteiger partial charge in [-0.25, -0.2) is 9.37 Å². The fraction of sp³-hybridized carbons (Fsp3) is 0.444. The summed E-state index contributed by atoms with van der Waals surface area (Å²) in [6.07, 6.45) is 2.63. The Bertz CT molecular complexity index is 731. The van der Waals surface area contributed by atoms with E-state index in [9.17, 15) is 9.18 Å². The lowest BCUT2D eigenvalue weighted by atomic mass is 10.1. The van der Waals surface area contributed by atoms with Gasteiger partial charge in [-0.3, -0.25) is 14.6 Å². The van der Waals surface area contributed by atoms with Crippen molar-refractivity contribution in [2.45, 2.75) is 32.0 Å². The number of primary amides is 1. The predicted octanol–water partition coefficient (Wildman–Crippen LogP) is 1.85. The maximum Gasteiger partial charge on any atom is 0.239 e. The number of amides is 1. The lowest BCUT2D eigenvalue weighted by molar-refractivity contribution is -0.123. The molecule has 0 unspecified atom stereocenters. The third kappa shape index (κ3) is 4.05. The molecule has 0 spiro atoms. The van der Waals surface area contributed by atoms with E-state index >= 15 is 0 Å². The van der Waals surface area contributed by atoms with E-state index in [0.29, 0.717) is 19.0 Å². The molecule has 1 aromatic carbocycles. The number of hydrogen-bond acceptors (Lipinski definition) is 5. The normalized spacial score (nSPS) is 19.4. The van der Waals surface area contributed by atoms with Gasteiger partial charge in [0, 0.05) is 19.1 Å². The Kier molecular flexibility index (Phi) is 5.15. The number of benzene rings is 1. The lowest BCUT2D eigenvalue weighted by Crippen LogP contribution is -2.39. The van der Waals surface area contributed by atoms with Gasteiger partial charge in [0.2, 0.25) is 11.8 Å². The van der Waals surface area contributed by atoms with Crippen molar-refractivity contribution < 1.29 is 13.6 Å². The van der Waals surface area contributed by atoms with Crippen molar-refractivity contribution in [1.29, 1.82) is 0 Å². The molecule has 1 saturated heterocycles. The van der Waals surface area contributed by atoms with Crippen molar-refractivity contribution in [1.82, 2.24) is 14.8 Å². The number of rotatable bonds is 6. The first-order valence-corrected chi connectivity index (χ1v) is 8.34. The zero-order chi connectivity index (χ0) is 18.0. The molecule has 1 fully saturated rings. The summed E-state index contributed by atoms with van der Waals surface area (Å²) in [5, 5.41) is 0. The van der Waals surface area contributed by atoms with Gasteiger partial charge in [-0.05, 0) is 38.1 Å². The Balaban J connectivity index is 1.67. The van der Waals surface area contributed by atoms with Gasteiger partial charge < -0.3 is 10.2 Å². The maximum absolute atomic E-state index is 13.2. The van der Waals surface area contributed by atoms with Crippen LogP contribution in [0.1, 0.15) is 29.7 Å². The van der Waals surface area contributed by atoms with Crippen LogP contribution >= 0.6 is 0 Å². The average Bonchev–Trinajstić information content (AvgIpc) is 3.19. The average molecular weight is 346 g/mol. The summed E-state index contributed by atoms with van der Waals surface area (Å²) in [7, 11) is 2.02. The van der Waals surface area contributed by atoms with E-state index in [1.165, 1.54) is 12.1 Å². The van der Waals surface area contributed by atoms with Crippen molar-refractivity contribution in [3.63, 3.8) is 0 Å². The summed E-state index contributed by atoms with van der Waals surface area (Å²) in [6, 6.07) is 5.69. The van der Waals surface area contributed by atoms with Crippen molar-refractivity contribution in [2.75, 3.05) is 20.1 Å². The standard InChI is InChI=1S/C18H23FN4O2/c1-12-9-21-16(25-12)11-22(2)15-7-8-23(10-15)17(18(20)24)13-3-5-14(19)6-4-13/h3-6,9,15,17H,7-8,10-11H2,1-2H3,(H2,20,24)/t15-,17-/m0/s1. The zero-order valence-electron chi connectivity index (χ0n) is 14.5. The van der Waals surface area contributed by atoms with E-state index in [1.54, 1.807) is 18.3 Å². The number of likely N-dealkylation sites (tertiary alicyclic amines) is 1. The van der Waals surface area contributed by atoms with Crippen LogP contribution in [0.2, 0.25) is 0 Å². The molecule has 1 aliphatic rings. The number of aromatic nitrogens is 1. The molecule has 1 aromatic heterocycles. The second kappa shape index (κ2) is 7.33.